The number of hydrogen-bond acceptors (Lipinski definition) is 4. The topological polar surface area (TPSA) is 117 Å². The fraction of sp³-hybridized carbons (Fsp3) is 0.375. The number of amides is 3. The molecule has 2 aromatic carbocycles. The molecule has 4 rings (SSSR count). The number of hydrogen-bond donors (Lipinski definition) is 4. The summed E-state index contributed by atoms with van der Waals surface area (Å²) in [5.41, 5.74) is 2.17. The number of nitrogens with one attached hydrogen (secondary N) is 3. The van der Waals surface area contributed by atoms with Crippen LogP contribution in [0.3, 0.4) is 0 Å². The van der Waals surface area contributed by atoms with Crippen LogP contribution in [0.1, 0.15) is 41.6 Å². The highest BCUT2D eigenvalue weighted by Gasteiger charge is 2.52. The minimum atomic E-state index is -0.766. The van der Waals surface area contributed by atoms with Gasteiger partial charge in [-0.3, -0.25) is 9.59 Å². The van der Waals surface area contributed by atoms with Crippen molar-refractivity contribution in [1.82, 2.24) is 5.32 Å². The zero-order chi connectivity index (χ0) is 22.7. The van der Waals surface area contributed by atoms with Crippen molar-refractivity contribution < 1.29 is 24.2 Å². The molecule has 1 atom stereocenters. The number of urea groups is 1. The van der Waals surface area contributed by atoms with E-state index < -0.39 is 5.97 Å². The van der Waals surface area contributed by atoms with E-state index in [1.807, 2.05) is 25.1 Å². The summed E-state index contributed by atoms with van der Waals surface area (Å²) in [5.74, 6) is -1.34. The van der Waals surface area contributed by atoms with Crippen molar-refractivity contribution in [3.8, 4) is 0 Å². The maximum atomic E-state index is 12.7. The van der Waals surface area contributed by atoms with Crippen LogP contribution in [0.15, 0.2) is 48.5 Å². The maximum absolute atomic E-state index is 12.7. The van der Waals surface area contributed by atoms with Crippen LogP contribution in [0.4, 0.5) is 16.2 Å². The van der Waals surface area contributed by atoms with Crippen LogP contribution in [0, 0.1) is 12.8 Å². The number of rotatable bonds is 6. The Morgan fingerprint density at radius 1 is 1.09 bits per heavy atom. The van der Waals surface area contributed by atoms with Gasteiger partial charge in [0.2, 0.25) is 0 Å². The molecule has 1 heterocycles. The molecule has 8 nitrogen and oxygen atoms in total. The molecule has 4 N–H and O–H groups in total. The van der Waals surface area contributed by atoms with Gasteiger partial charge < -0.3 is 25.8 Å². The normalized spacial score (nSPS) is 23.9. The number of carboxylic acids is 1. The monoisotopic (exact) mass is 437 g/mol. The highest BCUT2D eigenvalue weighted by atomic mass is 16.5. The zero-order valence-electron chi connectivity index (χ0n) is 17.9. The summed E-state index contributed by atoms with van der Waals surface area (Å²) >= 11 is 0. The van der Waals surface area contributed by atoms with E-state index in [2.05, 4.69) is 16.0 Å². The lowest BCUT2D eigenvalue weighted by molar-refractivity contribution is -0.164. The summed E-state index contributed by atoms with van der Waals surface area (Å²) in [6.45, 7) is 2.22. The zero-order valence-corrected chi connectivity index (χ0v) is 17.9. The third-order valence-corrected chi connectivity index (χ3v) is 6.19. The highest BCUT2D eigenvalue weighted by Crippen LogP contribution is 2.49. The van der Waals surface area contributed by atoms with Gasteiger partial charge in [-0.2, -0.15) is 0 Å². The van der Waals surface area contributed by atoms with Crippen LogP contribution in [-0.4, -0.2) is 41.3 Å². The fourth-order valence-corrected chi connectivity index (χ4v) is 4.37. The number of carbonyl (C=O) groups is 3. The maximum Gasteiger partial charge on any atom is 0.323 e. The molecule has 3 amide bonds. The molecule has 1 saturated carbocycles. The van der Waals surface area contributed by atoms with Crippen molar-refractivity contribution in [2.24, 2.45) is 5.92 Å². The minimum Gasteiger partial charge on any atom is -0.481 e. The fourth-order valence-electron chi connectivity index (χ4n) is 4.37. The molecule has 168 valence electrons. The molecule has 1 spiro atoms. The van der Waals surface area contributed by atoms with Gasteiger partial charge in [0.05, 0.1) is 17.6 Å². The molecule has 1 unspecified atom stereocenters. The van der Waals surface area contributed by atoms with Crippen molar-refractivity contribution in [3.63, 3.8) is 0 Å². The van der Waals surface area contributed by atoms with Gasteiger partial charge in [0.25, 0.3) is 5.91 Å². The Labute approximate surface area is 186 Å². The van der Waals surface area contributed by atoms with E-state index in [1.165, 1.54) is 0 Å². The summed E-state index contributed by atoms with van der Waals surface area (Å²) in [6, 6.07) is 13.9. The number of aliphatic carboxylic acids is 1. The standard InChI is InChI=1S/C24H27N3O5/c1-15-7-8-16(11-20(15)27-23(31)26-18-5-3-2-4-6-18)21(28)25-14-19-9-10-24(32-19)12-17(13-24)22(29)30/h2-8,11,17,19H,9-10,12-14H2,1H3,(H,25,28)(H,29,30)(H2,26,27,31). The first-order valence-corrected chi connectivity index (χ1v) is 10.8. The molecule has 1 aliphatic heterocycles. The third-order valence-electron chi connectivity index (χ3n) is 6.19. The molecule has 1 saturated heterocycles. The molecule has 1 aliphatic carbocycles. The van der Waals surface area contributed by atoms with Crippen LogP contribution >= 0.6 is 0 Å². The van der Waals surface area contributed by atoms with E-state index in [4.69, 9.17) is 9.84 Å². The Morgan fingerprint density at radius 2 is 1.84 bits per heavy atom. The Bertz CT molecular complexity index is 1020. The molecular weight excluding hydrogens is 410 g/mol. The molecule has 2 aromatic rings. The van der Waals surface area contributed by atoms with Gasteiger partial charge in [-0.05, 0) is 62.4 Å². The summed E-state index contributed by atoms with van der Waals surface area (Å²) < 4.78 is 6.06. The number of aryl methyl sites for hydroxylation is 1. The van der Waals surface area contributed by atoms with E-state index in [0.717, 1.165) is 18.4 Å². The van der Waals surface area contributed by atoms with Crippen molar-refractivity contribution in [3.05, 3.63) is 59.7 Å². The Balaban J connectivity index is 1.30. The van der Waals surface area contributed by atoms with Gasteiger partial charge >= 0.3 is 12.0 Å². The molecule has 0 bridgehead atoms. The second kappa shape index (κ2) is 9.00. The largest absolute Gasteiger partial charge is 0.481 e. The lowest BCUT2D eigenvalue weighted by Crippen LogP contribution is -2.47. The predicted octanol–water partition coefficient (Wildman–Crippen LogP) is 3.78. The average molecular weight is 437 g/mol. The summed E-state index contributed by atoms with van der Waals surface area (Å²) in [5, 5.41) is 17.5. The number of para-hydroxylation sites is 1. The van der Waals surface area contributed by atoms with Crippen LogP contribution in [0.5, 0.6) is 0 Å². The first kappa shape index (κ1) is 21.8. The van der Waals surface area contributed by atoms with Crippen LogP contribution in [0.25, 0.3) is 0 Å². The number of ether oxygens (including phenoxy) is 1. The molecule has 2 aliphatic rings. The smallest absolute Gasteiger partial charge is 0.323 e. The molecule has 8 heteroatoms. The van der Waals surface area contributed by atoms with Crippen molar-refractivity contribution >= 4 is 29.3 Å². The van der Waals surface area contributed by atoms with Crippen molar-refractivity contribution in [1.29, 1.82) is 0 Å². The van der Waals surface area contributed by atoms with Gasteiger partial charge in [0, 0.05) is 23.5 Å². The van der Waals surface area contributed by atoms with Gasteiger partial charge in [-0.1, -0.05) is 24.3 Å². The van der Waals surface area contributed by atoms with E-state index in [0.29, 0.717) is 36.3 Å². The molecule has 0 aromatic heterocycles. The van der Waals surface area contributed by atoms with Crippen LogP contribution in [-0.2, 0) is 9.53 Å². The Hall–Kier alpha value is -3.39. The molecule has 0 radical (unpaired) electrons. The average Bonchev–Trinajstić information content (AvgIpc) is 3.18. The molecule has 2 fully saturated rings. The quantitative estimate of drug-likeness (QED) is 0.549. The molecular formula is C24H27N3O5. The van der Waals surface area contributed by atoms with Crippen LogP contribution in [0.2, 0.25) is 0 Å². The van der Waals surface area contributed by atoms with Gasteiger partial charge in [0.15, 0.2) is 0 Å². The van der Waals surface area contributed by atoms with Crippen molar-refractivity contribution in [2.75, 3.05) is 17.2 Å². The molecule has 32 heavy (non-hydrogen) atoms. The highest BCUT2D eigenvalue weighted by molar-refractivity contribution is 6.02. The number of benzene rings is 2. The number of anilines is 2. The minimum absolute atomic E-state index is 0.117. The SMILES string of the molecule is Cc1ccc(C(=O)NCC2CCC3(CC(C(=O)O)C3)O2)cc1NC(=O)Nc1ccccc1. The van der Waals surface area contributed by atoms with Gasteiger partial charge in [0.1, 0.15) is 0 Å². The van der Waals surface area contributed by atoms with E-state index in [1.54, 1.807) is 30.3 Å². The Morgan fingerprint density at radius 3 is 2.56 bits per heavy atom. The van der Waals surface area contributed by atoms with Gasteiger partial charge in [-0.15, -0.1) is 0 Å². The summed E-state index contributed by atoms with van der Waals surface area (Å²) in [4.78, 5) is 36.0. The number of carboxylic acid groups (broad SMARTS) is 1. The van der Waals surface area contributed by atoms with E-state index >= 15 is 0 Å². The van der Waals surface area contributed by atoms with Gasteiger partial charge in [-0.25, -0.2) is 4.79 Å². The first-order valence-electron chi connectivity index (χ1n) is 10.8. The van der Waals surface area contributed by atoms with Crippen LogP contribution < -0.4 is 16.0 Å². The second-order valence-corrected chi connectivity index (χ2v) is 8.59. The second-order valence-electron chi connectivity index (χ2n) is 8.59. The summed E-state index contributed by atoms with van der Waals surface area (Å²) in [7, 11) is 0. The first-order chi connectivity index (χ1) is 15.3. The summed E-state index contributed by atoms with van der Waals surface area (Å²) in [6.07, 6.45) is 2.60. The predicted molar refractivity (Wildman–Crippen MR) is 120 cm³/mol. The lowest BCUT2D eigenvalue weighted by Gasteiger charge is -2.42. The Kier molecular flexibility index (Phi) is 6.14. The van der Waals surface area contributed by atoms with Crippen molar-refractivity contribution in [2.45, 2.75) is 44.3 Å². The lowest BCUT2D eigenvalue weighted by atomic mass is 9.69. The third kappa shape index (κ3) is 4.91. The van der Waals surface area contributed by atoms with E-state index in [9.17, 15) is 14.4 Å². The number of carbonyl (C=O) groups excluding carboxylic acids is 2. The van der Waals surface area contributed by atoms with E-state index in [-0.39, 0.29) is 29.6 Å².